The van der Waals surface area contributed by atoms with Gasteiger partial charge in [0.1, 0.15) is 5.82 Å². The van der Waals surface area contributed by atoms with Gasteiger partial charge in [0.25, 0.3) is 0 Å². The highest BCUT2D eigenvalue weighted by Gasteiger charge is 2.34. The Hall–Kier alpha value is -1.91. The Morgan fingerprint density at radius 1 is 1.00 bits per heavy atom. The van der Waals surface area contributed by atoms with Crippen LogP contribution in [0.2, 0.25) is 0 Å². The molecular weight excluding hydrogens is 295 g/mol. The summed E-state index contributed by atoms with van der Waals surface area (Å²) in [5.41, 5.74) is 0.972. The Morgan fingerprint density at radius 2 is 1.65 bits per heavy atom. The van der Waals surface area contributed by atoms with E-state index in [9.17, 15) is 14.0 Å². The zero-order valence-corrected chi connectivity index (χ0v) is 13.3. The molecule has 1 aliphatic heterocycles. The lowest BCUT2D eigenvalue weighted by Gasteiger charge is -2.22. The predicted octanol–water partition coefficient (Wildman–Crippen LogP) is 2.23. The molecule has 0 N–H and O–H groups in total. The fraction of sp³-hybridized carbons (Fsp3) is 0.556. The van der Waals surface area contributed by atoms with Crippen molar-refractivity contribution in [2.75, 3.05) is 26.2 Å². The van der Waals surface area contributed by atoms with Crippen LogP contribution in [0.3, 0.4) is 0 Å². The van der Waals surface area contributed by atoms with Crippen molar-refractivity contribution in [2.45, 2.75) is 32.1 Å². The van der Waals surface area contributed by atoms with E-state index >= 15 is 0 Å². The lowest BCUT2D eigenvalue weighted by Crippen LogP contribution is -2.38. The maximum Gasteiger partial charge on any atom is 0.225 e. The molecule has 1 heterocycles. The predicted molar refractivity (Wildman–Crippen MR) is 85.2 cm³/mol. The molecule has 2 aliphatic rings. The van der Waals surface area contributed by atoms with Gasteiger partial charge in [-0.15, -0.1) is 0 Å². The minimum atomic E-state index is -0.256. The second-order valence-corrected chi connectivity index (χ2v) is 6.46. The first-order valence-electron chi connectivity index (χ1n) is 8.44. The van der Waals surface area contributed by atoms with Crippen molar-refractivity contribution < 1.29 is 14.0 Å². The van der Waals surface area contributed by atoms with Gasteiger partial charge in [-0.05, 0) is 43.4 Å². The summed E-state index contributed by atoms with van der Waals surface area (Å²) in [5, 5.41) is 0. The summed E-state index contributed by atoms with van der Waals surface area (Å²) < 4.78 is 12.9. The fourth-order valence-electron chi connectivity index (χ4n) is 3.04. The molecule has 5 heteroatoms. The average molecular weight is 318 g/mol. The van der Waals surface area contributed by atoms with E-state index in [4.69, 9.17) is 0 Å². The monoisotopic (exact) mass is 318 g/mol. The summed E-state index contributed by atoms with van der Waals surface area (Å²) in [5.74, 6) is 0.379. The number of aryl methyl sites for hydroxylation is 1. The summed E-state index contributed by atoms with van der Waals surface area (Å²) in [6.45, 7) is 2.76. The molecule has 23 heavy (non-hydrogen) atoms. The number of carbonyl (C=O) groups excluding carboxylic acids is 2. The van der Waals surface area contributed by atoms with E-state index in [2.05, 4.69) is 0 Å². The van der Waals surface area contributed by atoms with E-state index in [1.54, 1.807) is 12.1 Å². The molecular formula is C18H23FN2O2. The molecule has 1 aliphatic carbocycles. The van der Waals surface area contributed by atoms with E-state index in [0.717, 1.165) is 37.9 Å². The summed E-state index contributed by atoms with van der Waals surface area (Å²) >= 11 is 0. The third kappa shape index (κ3) is 4.30. The van der Waals surface area contributed by atoms with Gasteiger partial charge in [0.15, 0.2) is 0 Å². The van der Waals surface area contributed by atoms with Crippen LogP contribution >= 0.6 is 0 Å². The Balaban J connectivity index is 1.47. The van der Waals surface area contributed by atoms with Crippen LogP contribution in [0.25, 0.3) is 0 Å². The first-order valence-corrected chi connectivity index (χ1v) is 8.44. The SMILES string of the molecule is O=C(CCc1ccc(F)cc1)N1CCCN(C(=O)C2CC2)CC1. The quantitative estimate of drug-likeness (QED) is 0.854. The molecule has 2 amide bonds. The molecule has 0 aromatic heterocycles. The van der Waals surface area contributed by atoms with Crippen LogP contribution in [0.15, 0.2) is 24.3 Å². The highest BCUT2D eigenvalue weighted by Crippen LogP contribution is 2.31. The number of hydrogen-bond donors (Lipinski definition) is 0. The lowest BCUT2D eigenvalue weighted by atomic mass is 10.1. The van der Waals surface area contributed by atoms with Gasteiger partial charge in [0.05, 0.1) is 0 Å². The normalized spacial score (nSPS) is 18.7. The van der Waals surface area contributed by atoms with Gasteiger partial charge in [0, 0.05) is 38.5 Å². The van der Waals surface area contributed by atoms with Crippen molar-refractivity contribution in [2.24, 2.45) is 5.92 Å². The van der Waals surface area contributed by atoms with Crippen LogP contribution in [0, 0.1) is 11.7 Å². The minimum Gasteiger partial charge on any atom is -0.341 e. The maximum atomic E-state index is 12.9. The number of rotatable bonds is 4. The van der Waals surface area contributed by atoms with E-state index in [0.29, 0.717) is 25.9 Å². The van der Waals surface area contributed by atoms with Crippen LogP contribution in [0.5, 0.6) is 0 Å². The van der Waals surface area contributed by atoms with Crippen LogP contribution in [0.4, 0.5) is 4.39 Å². The van der Waals surface area contributed by atoms with Crippen molar-refractivity contribution in [1.29, 1.82) is 0 Å². The maximum absolute atomic E-state index is 12.9. The molecule has 0 bridgehead atoms. The van der Waals surface area contributed by atoms with Crippen molar-refractivity contribution >= 4 is 11.8 Å². The number of amides is 2. The molecule has 1 aromatic rings. The lowest BCUT2D eigenvalue weighted by molar-refractivity contribution is -0.134. The van der Waals surface area contributed by atoms with E-state index in [1.165, 1.54) is 12.1 Å². The second-order valence-electron chi connectivity index (χ2n) is 6.46. The molecule has 4 nitrogen and oxygen atoms in total. The summed E-state index contributed by atoms with van der Waals surface area (Å²) in [6.07, 6.45) is 3.95. The second kappa shape index (κ2) is 7.11. The molecule has 0 radical (unpaired) electrons. The highest BCUT2D eigenvalue weighted by molar-refractivity contribution is 5.81. The number of halogens is 1. The van der Waals surface area contributed by atoms with E-state index < -0.39 is 0 Å². The van der Waals surface area contributed by atoms with Gasteiger partial charge < -0.3 is 9.80 Å². The topological polar surface area (TPSA) is 40.6 Å². The van der Waals surface area contributed by atoms with Crippen molar-refractivity contribution in [1.82, 2.24) is 9.80 Å². The molecule has 3 rings (SSSR count). The summed E-state index contributed by atoms with van der Waals surface area (Å²) in [6, 6.07) is 6.29. The van der Waals surface area contributed by atoms with Gasteiger partial charge in [-0.25, -0.2) is 4.39 Å². The van der Waals surface area contributed by atoms with Gasteiger partial charge in [-0.1, -0.05) is 12.1 Å². The molecule has 0 spiro atoms. The Labute approximate surface area is 136 Å². The third-order valence-corrected chi connectivity index (χ3v) is 4.63. The first kappa shape index (κ1) is 16.0. The molecule has 0 atom stereocenters. The van der Waals surface area contributed by atoms with Gasteiger partial charge >= 0.3 is 0 Å². The molecule has 2 fully saturated rings. The number of carbonyl (C=O) groups is 2. The van der Waals surface area contributed by atoms with E-state index in [1.807, 2.05) is 9.80 Å². The van der Waals surface area contributed by atoms with Gasteiger partial charge in [0.2, 0.25) is 11.8 Å². The summed E-state index contributed by atoms with van der Waals surface area (Å²) in [7, 11) is 0. The first-order chi connectivity index (χ1) is 11.1. The average Bonchev–Trinajstić information content (AvgIpc) is 3.39. The molecule has 1 aromatic carbocycles. The number of benzene rings is 1. The van der Waals surface area contributed by atoms with Crippen LogP contribution < -0.4 is 0 Å². The smallest absolute Gasteiger partial charge is 0.225 e. The fourth-order valence-corrected chi connectivity index (χ4v) is 3.04. The number of hydrogen-bond acceptors (Lipinski definition) is 2. The van der Waals surface area contributed by atoms with Crippen LogP contribution in [-0.4, -0.2) is 47.8 Å². The molecule has 124 valence electrons. The molecule has 0 unspecified atom stereocenters. The standard InChI is InChI=1S/C18H23FN2O2/c19-16-7-2-14(3-8-16)4-9-17(22)20-10-1-11-21(13-12-20)18(23)15-5-6-15/h2-3,7-8,15H,1,4-6,9-13H2. The Morgan fingerprint density at radius 3 is 2.35 bits per heavy atom. The zero-order valence-electron chi connectivity index (χ0n) is 13.3. The third-order valence-electron chi connectivity index (χ3n) is 4.63. The largest absolute Gasteiger partial charge is 0.341 e. The van der Waals surface area contributed by atoms with Crippen molar-refractivity contribution in [3.05, 3.63) is 35.6 Å². The minimum absolute atomic E-state index is 0.120. The van der Waals surface area contributed by atoms with Crippen molar-refractivity contribution in [3.63, 3.8) is 0 Å². The Kier molecular flexibility index (Phi) is 4.94. The van der Waals surface area contributed by atoms with Crippen LogP contribution in [0.1, 0.15) is 31.2 Å². The Bertz CT molecular complexity index is 569. The van der Waals surface area contributed by atoms with Crippen molar-refractivity contribution in [3.8, 4) is 0 Å². The molecule has 1 saturated heterocycles. The van der Waals surface area contributed by atoms with Gasteiger partial charge in [-0.2, -0.15) is 0 Å². The van der Waals surface area contributed by atoms with Gasteiger partial charge in [-0.3, -0.25) is 9.59 Å². The van der Waals surface area contributed by atoms with Crippen LogP contribution in [-0.2, 0) is 16.0 Å². The zero-order chi connectivity index (χ0) is 16.2. The summed E-state index contributed by atoms with van der Waals surface area (Å²) in [4.78, 5) is 28.3. The molecule has 1 saturated carbocycles. The highest BCUT2D eigenvalue weighted by atomic mass is 19.1. The number of nitrogens with zero attached hydrogens (tertiary/aromatic N) is 2. The van der Waals surface area contributed by atoms with E-state index in [-0.39, 0.29) is 23.5 Å².